The number of benzene rings is 2. The summed E-state index contributed by atoms with van der Waals surface area (Å²) >= 11 is 0. The molecule has 0 aliphatic heterocycles. The third-order valence-electron chi connectivity index (χ3n) is 2.47. The van der Waals surface area contributed by atoms with Crippen molar-refractivity contribution in [1.82, 2.24) is 0 Å². The van der Waals surface area contributed by atoms with E-state index in [1.807, 2.05) is 48.5 Å². The zero-order valence-corrected chi connectivity index (χ0v) is 8.98. The molecule has 0 amide bonds. The number of nitrogens with two attached hydrogens (primary N) is 2. The predicted molar refractivity (Wildman–Crippen MR) is 69.8 cm³/mol. The molecule has 4 N–H and O–H groups in total. The summed E-state index contributed by atoms with van der Waals surface area (Å²) in [5.74, 6) is 0. The van der Waals surface area contributed by atoms with Crippen LogP contribution in [0.25, 0.3) is 5.57 Å². The van der Waals surface area contributed by atoms with Gasteiger partial charge in [-0.3, -0.25) is 0 Å². The quantitative estimate of drug-likeness (QED) is 0.749. The van der Waals surface area contributed by atoms with Crippen molar-refractivity contribution >= 4 is 16.9 Å². The van der Waals surface area contributed by atoms with Gasteiger partial charge in [0.05, 0.1) is 0 Å². The highest BCUT2D eigenvalue weighted by Crippen LogP contribution is 2.24. The van der Waals surface area contributed by atoms with E-state index in [0.717, 1.165) is 28.1 Å². The van der Waals surface area contributed by atoms with Gasteiger partial charge in [-0.1, -0.05) is 30.8 Å². The van der Waals surface area contributed by atoms with E-state index in [1.165, 1.54) is 0 Å². The average molecular weight is 210 g/mol. The summed E-state index contributed by atoms with van der Waals surface area (Å²) in [6, 6.07) is 15.3. The van der Waals surface area contributed by atoms with Crippen LogP contribution in [0.15, 0.2) is 55.1 Å². The van der Waals surface area contributed by atoms with Crippen molar-refractivity contribution in [3.63, 3.8) is 0 Å². The molecule has 0 bridgehead atoms. The normalized spacial score (nSPS) is 10.0. The first-order valence-corrected chi connectivity index (χ1v) is 5.07. The highest BCUT2D eigenvalue weighted by molar-refractivity contribution is 5.80. The maximum absolute atomic E-state index is 5.74. The lowest BCUT2D eigenvalue weighted by Crippen LogP contribution is -1.91. The maximum atomic E-state index is 5.74. The van der Waals surface area contributed by atoms with Crippen molar-refractivity contribution in [1.29, 1.82) is 0 Å². The molecule has 0 fully saturated rings. The summed E-state index contributed by atoms with van der Waals surface area (Å²) < 4.78 is 0. The Hall–Kier alpha value is -2.22. The fraction of sp³-hybridized carbons (Fsp3) is 0. The Morgan fingerprint density at radius 1 is 0.812 bits per heavy atom. The number of nitrogen functional groups attached to an aromatic ring is 2. The number of rotatable bonds is 2. The maximum Gasteiger partial charge on any atom is 0.0320 e. The van der Waals surface area contributed by atoms with Crippen molar-refractivity contribution in [2.24, 2.45) is 0 Å². The first kappa shape index (κ1) is 10.3. The Kier molecular flexibility index (Phi) is 2.64. The number of hydrogen-bond donors (Lipinski definition) is 2. The van der Waals surface area contributed by atoms with Gasteiger partial charge in [-0.05, 0) is 41.0 Å². The minimum atomic E-state index is 0.738. The zero-order chi connectivity index (χ0) is 11.5. The van der Waals surface area contributed by atoms with E-state index in [9.17, 15) is 0 Å². The number of hydrogen-bond acceptors (Lipinski definition) is 2. The summed E-state index contributed by atoms with van der Waals surface area (Å²) in [5.41, 5.74) is 15.9. The van der Waals surface area contributed by atoms with Crippen molar-refractivity contribution in [3.05, 3.63) is 66.2 Å². The highest BCUT2D eigenvalue weighted by Gasteiger charge is 2.02. The third-order valence-corrected chi connectivity index (χ3v) is 2.47. The van der Waals surface area contributed by atoms with Gasteiger partial charge >= 0.3 is 0 Å². The zero-order valence-electron chi connectivity index (χ0n) is 8.98. The van der Waals surface area contributed by atoms with Crippen LogP contribution in [0.5, 0.6) is 0 Å². The van der Waals surface area contributed by atoms with E-state index in [0.29, 0.717) is 0 Å². The molecule has 16 heavy (non-hydrogen) atoms. The van der Waals surface area contributed by atoms with Gasteiger partial charge in [0.2, 0.25) is 0 Å². The molecule has 2 aromatic rings. The van der Waals surface area contributed by atoms with Crippen molar-refractivity contribution < 1.29 is 0 Å². The summed E-state index contributed by atoms with van der Waals surface area (Å²) in [5, 5.41) is 0. The van der Waals surface area contributed by atoms with Gasteiger partial charge in [-0.2, -0.15) is 0 Å². The Balaban J connectivity index is 2.39. The van der Waals surface area contributed by atoms with E-state index in [4.69, 9.17) is 11.5 Å². The molecule has 0 aliphatic carbocycles. The minimum absolute atomic E-state index is 0.738. The van der Waals surface area contributed by atoms with E-state index < -0.39 is 0 Å². The van der Waals surface area contributed by atoms with Gasteiger partial charge in [0.25, 0.3) is 0 Å². The molecule has 0 aromatic heterocycles. The summed E-state index contributed by atoms with van der Waals surface area (Å²) in [6.07, 6.45) is 0. The molecule has 0 unspecified atom stereocenters. The molecule has 2 heteroatoms. The van der Waals surface area contributed by atoms with Crippen LogP contribution < -0.4 is 11.5 Å². The molecule has 0 atom stereocenters. The molecule has 0 saturated carbocycles. The molecule has 0 radical (unpaired) electrons. The molecule has 0 heterocycles. The van der Waals surface area contributed by atoms with E-state index in [1.54, 1.807) is 0 Å². The van der Waals surface area contributed by atoms with Crippen LogP contribution in [0.1, 0.15) is 11.1 Å². The second-order valence-corrected chi connectivity index (χ2v) is 3.73. The highest BCUT2D eigenvalue weighted by atomic mass is 14.5. The lowest BCUT2D eigenvalue weighted by molar-refractivity contribution is 1.55. The number of anilines is 2. The van der Waals surface area contributed by atoms with Crippen LogP contribution in [-0.2, 0) is 0 Å². The Labute approximate surface area is 95.2 Å². The van der Waals surface area contributed by atoms with Crippen molar-refractivity contribution in [3.8, 4) is 0 Å². The molecule has 0 saturated heterocycles. The molecule has 0 spiro atoms. The molecule has 80 valence electrons. The molecular weight excluding hydrogens is 196 g/mol. The van der Waals surface area contributed by atoms with Gasteiger partial charge in [0, 0.05) is 11.4 Å². The van der Waals surface area contributed by atoms with Crippen LogP contribution in [0, 0.1) is 0 Å². The fourth-order valence-electron chi connectivity index (χ4n) is 1.62. The summed E-state index contributed by atoms with van der Waals surface area (Å²) in [7, 11) is 0. The van der Waals surface area contributed by atoms with Crippen LogP contribution in [0.2, 0.25) is 0 Å². The lowest BCUT2D eigenvalue weighted by atomic mass is 9.99. The third kappa shape index (κ3) is 2.06. The first-order chi connectivity index (χ1) is 7.66. The lowest BCUT2D eigenvalue weighted by Gasteiger charge is -2.07. The largest absolute Gasteiger partial charge is 0.399 e. The Morgan fingerprint density at radius 2 is 1.25 bits per heavy atom. The van der Waals surface area contributed by atoms with Gasteiger partial charge in [-0.25, -0.2) is 0 Å². The van der Waals surface area contributed by atoms with Crippen LogP contribution >= 0.6 is 0 Å². The fourth-order valence-corrected chi connectivity index (χ4v) is 1.62. The Bertz CT molecular complexity index is 482. The summed E-state index contributed by atoms with van der Waals surface area (Å²) in [6.45, 7) is 4.07. The average Bonchev–Trinajstić information content (AvgIpc) is 2.28. The smallest absolute Gasteiger partial charge is 0.0320 e. The SMILES string of the molecule is C=C(c1cccc(N)c1)c1cccc(N)c1. The van der Waals surface area contributed by atoms with Crippen LogP contribution in [-0.4, -0.2) is 0 Å². The first-order valence-electron chi connectivity index (χ1n) is 5.07. The van der Waals surface area contributed by atoms with E-state index in [-0.39, 0.29) is 0 Å². The molecule has 0 aliphatic rings. The molecule has 2 rings (SSSR count). The van der Waals surface area contributed by atoms with E-state index in [2.05, 4.69) is 6.58 Å². The van der Waals surface area contributed by atoms with Crippen LogP contribution in [0.3, 0.4) is 0 Å². The van der Waals surface area contributed by atoms with Gasteiger partial charge in [-0.15, -0.1) is 0 Å². The standard InChI is InChI=1S/C14H14N2/c1-10(11-4-2-6-13(15)8-11)12-5-3-7-14(16)9-12/h2-9H,1,15-16H2. The van der Waals surface area contributed by atoms with Crippen molar-refractivity contribution in [2.45, 2.75) is 0 Å². The molecule has 2 nitrogen and oxygen atoms in total. The summed E-state index contributed by atoms with van der Waals surface area (Å²) in [4.78, 5) is 0. The Morgan fingerprint density at radius 3 is 1.62 bits per heavy atom. The second-order valence-electron chi connectivity index (χ2n) is 3.73. The van der Waals surface area contributed by atoms with Gasteiger partial charge in [0.1, 0.15) is 0 Å². The minimum Gasteiger partial charge on any atom is -0.399 e. The van der Waals surface area contributed by atoms with Gasteiger partial charge < -0.3 is 11.5 Å². The van der Waals surface area contributed by atoms with Gasteiger partial charge in [0.15, 0.2) is 0 Å². The predicted octanol–water partition coefficient (Wildman–Crippen LogP) is 2.91. The van der Waals surface area contributed by atoms with Crippen molar-refractivity contribution in [2.75, 3.05) is 11.5 Å². The van der Waals surface area contributed by atoms with Crippen LogP contribution in [0.4, 0.5) is 11.4 Å². The molecular formula is C14H14N2. The monoisotopic (exact) mass is 210 g/mol. The second kappa shape index (κ2) is 4.11. The molecule has 2 aromatic carbocycles. The van der Waals surface area contributed by atoms with E-state index >= 15 is 0 Å². The topological polar surface area (TPSA) is 52.0 Å².